The maximum absolute atomic E-state index is 15.7. The number of pyridine rings is 1. The molecule has 4 heterocycles. The molecule has 1 aromatic carbocycles. The van der Waals surface area contributed by atoms with Crippen molar-refractivity contribution >= 4 is 44.0 Å². The number of halogens is 2. The predicted octanol–water partition coefficient (Wildman–Crippen LogP) is 7.65. The SMILES string of the molecule is COCCOCC(=C(F)/C=C/F)c1c(-c2cc([C@@H](C)NC(=O)OC(C)(C)C)[nH]n2)nc(-c2ccc3c(cnn3C)c2)c2ccsc12. The van der Waals surface area contributed by atoms with E-state index in [4.69, 9.17) is 19.2 Å². The van der Waals surface area contributed by atoms with E-state index in [1.54, 1.807) is 51.7 Å². The molecule has 13 heteroatoms. The Hall–Kier alpha value is -4.46. The third-order valence-corrected chi connectivity index (χ3v) is 8.08. The van der Waals surface area contributed by atoms with Crippen molar-refractivity contribution in [3.63, 3.8) is 0 Å². The molecule has 0 radical (unpaired) electrons. The van der Waals surface area contributed by atoms with Crippen LogP contribution in [0.1, 0.15) is 45.0 Å². The molecule has 0 saturated heterocycles. The minimum absolute atomic E-state index is 0.110. The Morgan fingerprint density at radius 3 is 2.74 bits per heavy atom. The minimum Gasteiger partial charge on any atom is -0.444 e. The molecule has 5 rings (SSSR count). The van der Waals surface area contributed by atoms with Crippen LogP contribution in [0.4, 0.5) is 13.6 Å². The van der Waals surface area contributed by atoms with E-state index in [2.05, 4.69) is 20.6 Å². The van der Waals surface area contributed by atoms with Gasteiger partial charge in [-0.2, -0.15) is 10.2 Å². The second kappa shape index (κ2) is 13.9. The van der Waals surface area contributed by atoms with Gasteiger partial charge in [0.1, 0.15) is 22.8 Å². The van der Waals surface area contributed by atoms with Crippen LogP contribution in [-0.2, 0) is 21.3 Å². The van der Waals surface area contributed by atoms with Gasteiger partial charge in [-0.15, -0.1) is 11.3 Å². The van der Waals surface area contributed by atoms with Crippen molar-refractivity contribution in [3.8, 4) is 22.6 Å². The molecule has 0 fully saturated rings. The number of ether oxygens (including phenoxy) is 3. The molecule has 0 saturated carbocycles. The Morgan fingerprint density at radius 2 is 2.00 bits per heavy atom. The highest BCUT2D eigenvalue weighted by molar-refractivity contribution is 7.17. The first kappa shape index (κ1) is 32.9. The van der Waals surface area contributed by atoms with Gasteiger partial charge >= 0.3 is 6.09 Å². The van der Waals surface area contributed by atoms with Crippen LogP contribution in [0.3, 0.4) is 0 Å². The van der Waals surface area contributed by atoms with E-state index in [9.17, 15) is 9.18 Å². The fraction of sp³-hybridized carbons (Fsp3) is 0.333. The molecular weight excluding hydrogens is 614 g/mol. The van der Waals surface area contributed by atoms with Crippen molar-refractivity contribution in [2.24, 2.45) is 7.05 Å². The first-order chi connectivity index (χ1) is 22.0. The third-order valence-electron chi connectivity index (χ3n) is 7.15. The lowest BCUT2D eigenvalue weighted by Gasteiger charge is -2.21. The van der Waals surface area contributed by atoms with Crippen molar-refractivity contribution in [3.05, 3.63) is 71.4 Å². The van der Waals surface area contributed by atoms with Gasteiger partial charge in [-0.25, -0.2) is 18.6 Å². The number of aryl methyl sites for hydroxylation is 1. The number of methoxy groups -OCH3 is 1. The Kier molecular flexibility index (Phi) is 9.94. The molecule has 242 valence electrons. The maximum atomic E-state index is 15.7. The molecule has 0 aliphatic carbocycles. The summed E-state index contributed by atoms with van der Waals surface area (Å²) in [6.45, 7) is 7.46. The Morgan fingerprint density at radius 1 is 1.20 bits per heavy atom. The summed E-state index contributed by atoms with van der Waals surface area (Å²) < 4.78 is 47.9. The largest absolute Gasteiger partial charge is 0.444 e. The number of nitrogens with one attached hydrogen (secondary N) is 2. The van der Waals surface area contributed by atoms with Crippen LogP contribution in [0, 0.1) is 0 Å². The molecule has 4 aromatic heterocycles. The van der Waals surface area contributed by atoms with Gasteiger partial charge in [-0.3, -0.25) is 9.78 Å². The number of amides is 1. The Labute approximate surface area is 269 Å². The van der Waals surface area contributed by atoms with Crippen LogP contribution >= 0.6 is 11.3 Å². The van der Waals surface area contributed by atoms with E-state index in [0.29, 0.717) is 34.9 Å². The average molecular weight is 651 g/mol. The summed E-state index contributed by atoms with van der Waals surface area (Å²) >= 11 is 1.41. The number of rotatable bonds is 11. The number of carbonyl (C=O) groups is 1. The number of aromatic amines is 1. The lowest BCUT2D eigenvalue weighted by Crippen LogP contribution is -2.34. The number of H-pyrrole nitrogens is 1. The topological polar surface area (TPSA) is 116 Å². The van der Waals surface area contributed by atoms with E-state index in [0.717, 1.165) is 32.6 Å². The monoisotopic (exact) mass is 650 g/mol. The van der Waals surface area contributed by atoms with Gasteiger partial charge in [0.15, 0.2) is 0 Å². The van der Waals surface area contributed by atoms with Gasteiger partial charge in [-0.05, 0) is 57.3 Å². The second-order valence-corrected chi connectivity index (χ2v) is 12.5. The Balaban J connectivity index is 1.68. The van der Waals surface area contributed by atoms with Gasteiger partial charge in [0.25, 0.3) is 0 Å². The van der Waals surface area contributed by atoms with E-state index >= 15 is 4.39 Å². The summed E-state index contributed by atoms with van der Waals surface area (Å²) in [6.07, 6.45) is 2.11. The summed E-state index contributed by atoms with van der Waals surface area (Å²) in [5.74, 6) is -0.807. The van der Waals surface area contributed by atoms with E-state index in [1.807, 2.05) is 36.7 Å². The quantitative estimate of drug-likeness (QED) is 0.111. The van der Waals surface area contributed by atoms with Crippen LogP contribution in [0.15, 0.2) is 60.1 Å². The number of carbonyl (C=O) groups excluding carboxylic acids is 1. The van der Waals surface area contributed by atoms with Crippen LogP contribution in [-0.4, -0.2) is 63.6 Å². The van der Waals surface area contributed by atoms with Gasteiger partial charge < -0.3 is 19.5 Å². The molecule has 46 heavy (non-hydrogen) atoms. The number of alkyl carbamates (subject to hydrolysis) is 1. The zero-order valence-electron chi connectivity index (χ0n) is 26.5. The molecule has 5 aromatic rings. The lowest BCUT2D eigenvalue weighted by atomic mass is 9.96. The predicted molar refractivity (Wildman–Crippen MR) is 176 cm³/mol. The van der Waals surface area contributed by atoms with Gasteiger partial charge in [-0.1, -0.05) is 6.07 Å². The van der Waals surface area contributed by atoms with Crippen LogP contribution in [0.2, 0.25) is 0 Å². The lowest BCUT2D eigenvalue weighted by molar-refractivity contribution is 0.0507. The van der Waals surface area contributed by atoms with Crippen molar-refractivity contribution in [2.45, 2.75) is 39.3 Å². The van der Waals surface area contributed by atoms with Gasteiger partial charge in [0, 0.05) is 52.4 Å². The summed E-state index contributed by atoms with van der Waals surface area (Å²) in [5.41, 5.74) is 3.65. The van der Waals surface area contributed by atoms with Crippen LogP contribution < -0.4 is 5.32 Å². The molecule has 0 unspecified atom stereocenters. The van der Waals surface area contributed by atoms with Gasteiger partial charge in [0.2, 0.25) is 0 Å². The van der Waals surface area contributed by atoms with E-state index in [1.165, 1.54) is 11.3 Å². The molecule has 2 N–H and O–H groups in total. The van der Waals surface area contributed by atoms with Crippen molar-refractivity contribution in [1.29, 1.82) is 0 Å². The summed E-state index contributed by atoms with van der Waals surface area (Å²) in [7, 11) is 3.42. The molecule has 0 spiro atoms. The zero-order chi connectivity index (χ0) is 33.0. The molecule has 10 nitrogen and oxygen atoms in total. The standard InChI is InChI=1S/C33H36F2N6O4S/c1-19(37-32(42)45-33(2,3)4)25-16-26(40-39-25)30-28(23(24(35)9-11-34)18-44-13-12-43-6)31-22(10-14-46-31)29(38-30)20-7-8-27-21(15-20)17-36-41(27)5/h7-11,14-17,19H,12-13,18H2,1-6H3,(H,37,42)(H,39,40)/b11-9+,24-23?/t19-/m1/s1. The molecule has 0 aliphatic rings. The van der Waals surface area contributed by atoms with E-state index < -0.39 is 23.6 Å². The third kappa shape index (κ3) is 7.16. The van der Waals surface area contributed by atoms with Crippen molar-refractivity contribution < 1.29 is 27.8 Å². The number of fused-ring (bicyclic) bond motifs is 2. The van der Waals surface area contributed by atoms with E-state index in [-0.39, 0.29) is 25.1 Å². The number of allylic oxidation sites excluding steroid dienone is 2. The maximum Gasteiger partial charge on any atom is 0.408 e. The highest BCUT2D eigenvalue weighted by Crippen LogP contribution is 2.42. The highest BCUT2D eigenvalue weighted by Gasteiger charge is 2.26. The number of nitrogens with zero attached hydrogens (tertiary/aromatic N) is 4. The summed E-state index contributed by atoms with van der Waals surface area (Å²) in [6, 6.07) is 9.11. The molecular formula is C33H36F2N6O4S. The fourth-order valence-corrected chi connectivity index (χ4v) is 5.97. The van der Waals surface area contributed by atoms with Crippen LogP contribution in [0.25, 0.3) is 49.2 Å². The zero-order valence-corrected chi connectivity index (χ0v) is 27.3. The summed E-state index contributed by atoms with van der Waals surface area (Å²) in [5, 5.41) is 18.3. The van der Waals surface area contributed by atoms with Gasteiger partial charge in [0.05, 0.1) is 55.3 Å². The molecule has 1 amide bonds. The van der Waals surface area contributed by atoms with Crippen LogP contribution in [0.5, 0.6) is 0 Å². The number of hydrogen-bond donors (Lipinski definition) is 2. The molecule has 0 bridgehead atoms. The highest BCUT2D eigenvalue weighted by atomic mass is 32.1. The number of aromatic nitrogens is 5. The minimum atomic E-state index is -0.807. The first-order valence-electron chi connectivity index (χ1n) is 14.6. The molecule has 1 atom stereocenters. The smallest absolute Gasteiger partial charge is 0.408 e. The van der Waals surface area contributed by atoms with Crippen molar-refractivity contribution in [2.75, 3.05) is 26.9 Å². The second-order valence-electron chi connectivity index (χ2n) is 11.6. The number of benzene rings is 1. The molecule has 0 aliphatic heterocycles. The number of thiophene rings is 1. The van der Waals surface area contributed by atoms with Crippen molar-refractivity contribution in [1.82, 2.24) is 30.3 Å². The summed E-state index contributed by atoms with van der Waals surface area (Å²) in [4.78, 5) is 17.6. The fourth-order valence-electron chi connectivity index (χ4n) is 5.00. The average Bonchev–Trinajstić information content (AvgIpc) is 3.76. The first-order valence-corrected chi connectivity index (χ1v) is 15.5. The Bertz CT molecular complexity index is 1920. The normalized spacial score (nSPS) is 13.5. The number of hydrogen-bond acceptors (Lipinski definition) is 8.